The van der Waals surface area contributed by atoms with E-state index in [1.165, 1.54) is 12.1 Å². The summed E-state index contributed by atoms with van der Waals surface area (Å²) in [5, 5.41) is 0.996. The van der Waals surface area contributed by atoms with Crippen molar-refractivity contribution in [1.29, 1.82) is 0 Å². The summed E-state index contributed by atoms with van der Waals surface area (Å²) in [6.45, 7) is 0. The summed E-state index contributed by atoms with van der Waals surface area (Å²) in [6.07, 6.45) is -4.74. The quantitative estimate of drug-likeness (QED) is 0.758. The number of nitrogen functional groups attached to an aromatic ring is 1. The SMILES string of the molecule is Nc1ccc2ccccc2c1OC(F)(F)F. The lowest BCUT2D eigenvalue weighted by Gasteiger charge is -2.13. The Kier molecular flexibility index (Phi) is 2.38. The van der Waals surface area contributed by atoms with E-state index in [1.54, 1.807) is 24.3 Å². The highest BCUT2D eigenvalue weighted by Crippen LogP contribution is 2.35. The normalized spacial score (nSPS) is 11.7. The molecule has 0 fully saturated rings. The molecule has 0 amide bonds. The van der Waals surface area contributed by atoms with Crippen LogP contribution < -0.4 is 10.5 Å². The van der Waals surface area contributed by atoms with Crippen LogP contribution in [0, 0.1) is 0 Å². The molecule has 2 nitrogen and oxygen atoms in total. The highest BCUT2D eigenvalue weighted by molar-refractivity contribution is 5.92. The standard InChI is InChI=1S/C11H8F3NO/c12-11(13,14)16-10-8-4-2-1-3-7(8)5-6-9(10)15/h1-6H,15H2. The fourth-order valence-corrected chi connectivity index (χ4v) is 1.49. The largest absolute Gasteiger partial charge is 0.573 e. The predicted molar refractivity (Wildman–Crippen MR) is 55.0 cm³/mol. The van der Waals surface area contributed by atoms with Crippen LogP contribution in [0.25, 0.3) is 10.8 Å². The molecule has 2 aromatic carbocycles. The molecule has 0 saturated heterocycles. The van der Waals surface area contributed by atoms with Crippen LogP contribution in [0.1, 0.15) is 0 Å². The second-order valence-electron chi connectivity index (χ2n) is 3.25. The molecule has 0 atom stereocenters. The maximum Gasteiger partial charge on any atom is 0.573 e. The molecule has 5 heteroatoms. The number of rotatable bonds is 1. The van der Waals surface area contributed by atoms with Crippen LogP contribution in [-0.4, -0.2) is 6.36 Å². The number of fused-ring (bicyclic) bond motifs is 1. The number of ether oxygens (including phenoxy) is 1. The maximum absolute atomic E-state index is 12.2. The summed E-state index contributed by atoms with van der Waals surface area (Å²) >= 11 is 0. The average molecular weight is 227 g/mol. The summed E-state index contributed by atoms with van der Waals surface area (Å²) < 4.78 is 40.4. The topological polar surface area (TPSA) is 35.2 Å². The van der Waals surface area contributed by atoms with E-state index in [4.69, 9.17) is 5.73 Å². The Morgan fingerprint density at radius 1 is 1.00 bits per heavy atom. The molecule has 16 heavy (non-hydrogen) atoms. The van der Waals surface area contributed by atoms with Gasteiger partial charge in [-0.05, 0) is 11.5 Å². The molecule has 0 radical (unpaired) electrons. The molecule has 0 aliphatic carbocycles. The van der Waals surface area contributed by atoms with Crippen molar-refractivity contribution in [3.63, 3.8) is 0 Å². The van der Waals surface area contributed by atoms with Crippen molar-refractivity contribution in [3.05, 3.63) is 36.4 Å². The average Bonchev–Trinajstić information content (AvgIpc) is 2.21. The summed E-state index contributed by atoms with van der Waals surface area (Å²) in [5.74, 6) is -0.342. The first kappa shape index (κ1) is 10.6. The molecule has 0 spiro atoms. The fraction of sp³-hybridized carbons (Fsp3) is 0.0909. The summed E-state index contributed by atoms with van der Waals surface area (Å²) in [5.41, 5.74) is 5.44. The zero-order valence-electron chi connectivity index (χ0n) is 8.08. The molecule has 2 rings (SSSR count). The first-order chi connectivity index (χ1) is 7.47. The van der Waals surface area contributed by atoms with Gasteiger partial charge in [0.15, 0.2) is 5.75 Å². The molecule has 0 heterocycles. The molecule has 0 aromatic heterocycles. The Balaban J connectivity index is 2.62. The molecule has 2 aromatic rings. The maximum atomic E-state index is 12.2. The van der Waals surface area contributed by atoms with Gasteiger partial charge < -0.3 is 10.5 Å². The molecular formula is C11H8F3NO. The third-order valence-electron chi connectivity index (χ3n) is 2.13. The van der Waals surface area contributed by atoms with Gasteiger partial charge in [-0.3, -0.25) is 0 Å². The van der Waals surface area contributed by atoms with E-state index in [0.29, 0.717) is 10.8 Å². The molecule has 0 aliphatic rings. The molecule has 0 unspecified atom stereocenters. The van der Waals surface area contributed by atoms with Gasteiger partial charge in [0.25, 0.3) is 0 Å². The summed E-state index contributed by atoms with van der Waals surface area (Å²) in [6, 6.07) is 9.63. The van der Waals surface area contributed by atoms with Crippen molar-refractivity contribution in [3.8, 4) is 5.75 Å². The number of nitrogens with two attached hydrogens (primary N) is 1. The van der Waals surface area contributed by atoms with Gasteiger partial charge in [-0.15, -0.1) is 13.2 Å². The minimum Gasteiger partial charge on any atom is -0.403 e. The van der Waals surface area contributed by atoms with Crippen molar-refractivity contribution in [2.24, 2.45) is 0 Å². The molecule has 84 valence electrons. The Labute approximate surface area is 89.4 Å². The van der Waals surface area contributed by atoms with Gasteiger partial charge >= 0.3 is 6.36 Å². The third kappa shape index (κ3) is 2.03. The lowest BCUT2D eigenvalue weighted by Crippen LogP contribution is -2.18. The number of halogens is 3. The van der Waals surface area contributed by atoms with Crippen molar-refractivity contribution < 1.29 is 17.9 Å². The Hall–Kier alpha value is -1.91. The van der Waals surface area contributed by atoms with Gasteiger partial charge in [0.1, 0.15) is 0 Å². The zero-order valence-corrected chi connectivity index (χ0v) is 8.08. The van der Waals surface area contributed by atoms with Crippen molar-refractivity contribution in [2.45, 2.75) is 6.36 Å². The first-order valence-corrected chi connectivity index (χ1v) is 4.50. The smallest absolute Gasteiger partial charge is 0.403 e. The molecular weight excluding hydrogens is 219 g/mol. The van der Waals surface area contributed by atoms with Gasteiger partial charge in [0.2, 0.25) is 0 Å². The lowest BCUT2D eigenvalue weighted by molar-refractivity contribution is -0.273. The van der Waals surface area contributed by atoms with Crippen molar-refractivity contribution in [2.75, 3.05) is 5.73 Å². The number of hydrogen-bond donors (Lipinski definition) is 1. The Bertz CT molecular complexity index is 522. The van der Waals surface area contributed by atoms with Crippen LogP contribution in [0.2, 0.25) is 0 Å². The van der Waals surface area contributed by atoms with Gasteiger partial charge in [0.05, 0.1) is 5.69 Å². The van der Waals surface area contributed by atoms with E-state index < -0.39 is 6.36 Å². The summed E-state index contributed by atoms with van der Waals surface area (Å²) in [4.78, 5) is 0. The second-order valence-corrected chi connectivity index (χ2v) is 3.25. The highest BCUT2D eigenvalue weighted by atomic mass is 19.4. The highest BCUT2D eigenvalue weighted by Gasteiger charge is 2.32. The zero-order chi connectivity index (χ0) is 11.8. The number of anilines is 1. The van der Waals surface area contributed by atoms with E-state index in [1.807, 2.05) is 0 Å². The van der Waals surface area contributed by atoms with Crippen LogP contribution >= 0.6 is 0 Å². The van der Waals surface area contributed by atoms with Crippen LogP contribution in [0.4, 0.5) is 18.9 Å². The van der Waals surface area contributed by atoms with Gasteiger partial charge in [-0.1, -0.05) is 30.3 Å². The molecule has 0 bridgehead atoms. The monoisotopic (exact) mass is 227 g/mol. The molecule has 2 N–H and O–H groups in total. The number of hydrogen-bond acceptors (Lipinski definition) is 2. The fourth-order valence-electron chi connectivity index (χ4n) is 1.49. The van der Waals surface area contributed by atoms with Crippen LogP contribution in [0.3, 0.4) is 0 Å². The van der Waals surface area contributed by atoms with Crippen LogP contribution in [-0.2, 0) is 0 Å². The van der Waals surface area contributed by atoms with Gasteiger partial charge in [-0.2, -0.15) is 0 Å². The minimum absolute atomic E-state index is 0.0315. The van der Waals surface area contributed by atoms with Crippen LogP contribution in [0.5, 0.6) is 5.75 Å². The minimum atomic E-state index is -4.74. The summed E-state index contributed by atoms with van der Waals surface area (Å²) in [7, 11) is 0. The van der Waals surface area contributed by atoms with E-state index in [-0.39, 0.29) is 11.4 Å². The van der Waals surface area contributed by atoms with E-state index in [0.717, 1.165) is 0 Å². The van der Waals surface area contributed by atoms with E-state index >= 15 is 0 Å². The lowest BCUT2D eigenvalue weighted by atomic mass is 10.1. The number of benzene rings is 2. The van der Waals surface area contributed by atoms with Crippen molar-refractivity contribution >= 4 is 16.5 Å². The Morgan fingerprint density at radius 3 is 2.38 bits per heavy atom. The second kappa shape index (κ2) is 3.59. The van der Waals surface area contributed by atoms with E-state index in [2.05, 4.69) is 4.74 Å². The van der Waals surface area contributed by atoms with E-state index in [9.17, 15) is 13.2 Å². The third-order valence-corrected chi connectivity index (χ3v) is 2.13. The van der Waals surface area contributed by atoms with Crippen molar-refractivity contribution in [1.82, 2.24) is 0 Å². The van der Waals surface area contributed by atoms with Gasteiger partial charge in [0, 0.05) is 5.39 Å². The van der Waals surface area contributed by atoms with Gasteiger partial charge in [-0.25, -0.2) is 0 Å². The first-order valence-electron chi connectivity index (χ1n) is 4.50. The Morgan fingerprint density at radius 2 is 1.69 bits per heavy atom. The predicted octanol–water partition coefficient (Wildman–Crippen LogP) is 3.32. The molecule has 0 aliphatic heterocycles. The molecule has 0 saturated carbocycles. The van der Waals surface area contributed by atoms with Crippen LogP contribution in [0.15, 0.2) is 36.4 Å². The number of alkyl halides is 3.